The molecule has 5 heteroatoms. The van der Waals surface area contributed by atoms with Crippen LogP contribution in [0.2, 0.25) is 5.02 Å². The SMILES string of the molecule is C[C@@H]1C[C@H]1C(=O)N[C@H](CC(=O)O)c1ccccc1Cl. The van der Waals surface area contributed by atoms with Crippen LogP contribution in [0.4, 0.5) is 0 Å². The highest BCUT2D eigenvalue weighted by Crippen LogP contribution is 2.38. The van der Waals surface area contributed by atoms with Crippen LogP contribution < -0.4 is 5.32 Å². The van der Waals surface area contributed by atoms with Gasteiger partial charge in [-0.2, -0.15) is 0 Å². The van der Waals surface area contributed by atoms with Crippen molar-refractivity contribution in [2.75, 3.05) is 0 Å². The molecule has 3 atom stereocenters. The van der Waals surface area contributed by atoms with Gasteiger partial charge in [0.15, 0.2) is 0 Å². The summed E-state index contributed by atoms with van der Waals surface area (Å²) in [6.07, 6.45) is 0.699. The molecule has 102 valence electrons. The molecule has 1 aromatic rings. The fourth-order valence-electron chi connectivity index (χ4n) is 2.14. The van der Waals surface area contributed by atoms with Crippen LogP contribution >= 0.6 is 11.6 Å². The molecule has 19 heavy (non-hydrogen) atoms. The predicted molar refractivity (Wildman–Crippen MR) is 71.9 cm³/mol. The van der Waals surface area contributed by atoms with Gasteiger partial charge in [0.25, 0.3) is 0 Å². The van der Waals surface area contributed by atoms with Gasteiger partial charge in [-0.3, -0.25) is 9.59 Å². The van der Waals surface area contributed by atoms with Crippen LogP contribution in [0.25, 0.3) is 0 Å². The quantitative estimate of drug-likeness (QED) is 0.872. The van der Waals surface area contributed by atoms with Crippen molar-refractivity contribution in [3.05, 3.63) is 34.9 Å². The Labute approximate surface area is 116 Å². The molecular formula is C14H16ClNO3. The van der Waals surface area contributed by atoms with Gasteiger partial charge in [0.2, 0.25) is 5.91 Å². The molecule has 1 aliphatic carbocycles. The van der Waals surface area contributed by atoms with Gasteiger partial charge in [-0.15, -0.1) is 0 Å². The number of nitrogens with one attached hydrogen (secondary N) is 1. The van der Waals surface area contributed by atoms with Crippen molar-refractivity contribution < 1.29 is 14.7 Å². The van der Waals surface area contributed by atoms with Gasteiger partial charge in [0, 0.05) is 10.9 Å². The standard InChI is InChI=1S/C14H16ClNO3/c1-8-6-10(8)14(19)16-12(7-13(17)18)9-4-2-3-5-11(9)15/h2-5,8,10,12H,6-7H2,1H3,(H,16,19)(H,17,18)/t8-,10-,12-/m1/s1. The summed E-state index contributed by atoms with van der Waals surface area (Å²) in [5.41, 5.74) is 0.646. The molecule has 0 saturated heterocycles. The first-order chi connectivity index (χ1) is 8.99. The lowest BCUT2D eigenvalue weighted by molar-refractivity contribution is -0.137. The van der Waals surface area contributed by atoms with E-state index in [4.69, 9.17) is 16.7 Å². The Bertz CT molecular complexity index is 503. The number of hydrogen-bond acceptors (Lipinski definition) is 2. The number of carboxylic acid groups (broad SMARTS) is 1. The minimum absolute atomic E-state index is 0.0128. The van der Waals surface area contributed by atoms with Crippen molar-refractivity contribution in [1.29, 1.82) is 0 Å². The topological polar surface area (TPSA) is 66.4 Å². The number of carbonyl (C=O) groups excluding carboxylic acids is 1. The highest BCUT2D eigenvalue weighted by Gasteiger charge is 2.40. The third-order valence-corrected chi connectivity index (χ3v) is 3.77. The van der Waals surface area contributed by atoms with Crippen molar-refractivity contribution in [2.45, 2.75) is 25.8 Å². The Morgan fingerprint density at radius 2 is 2.11 bits per heavy atom. The van der Waals surface area contributed by atoms with Gasteiger partial charge in [0.05, 0.1) is 12.5 Å². The average molecular weight is 282 g/mol. The number of carboxylic acids is 1. The second-order valence-corrected chi connectivity index (χ2v) is 5.41. The Morgan fingerprint density at radius 3 is 2.63 bits per heavy atom. The molecule has 0 bridgehead atoms. The van der Waals surface area contributed by atoms with Crippen molar-refractivity contribution in [3.8, 4) is 0 Å². The van der Waals surface area contributed by atoms with E-state index in [0.717, 1.165) is 6.42 Å². The van der Waals surface area contributed by atoms with Crippen molar-refractivity contribution in [1.82, 2.24) is 5.32 Å². The molecule has 0 spiro atoms. The van der Waals surface area contributed by atoms with Crippen LogP contribution in [0.5, 0.6) is 0 Å². The first kappa shape index (κ1) is 13.9. The highest BCUT2D eigenvalue weighted by atomic mass is 35.5. The van der Waals surface area contributed by atoms with E-state index in [-0.39, 0.29) is 18.2 Å². The zero-order valence-electron chi connectivity index (χ0n) is 10.6. The van der Waals surface area contributed by atoms with E-state index in [1.54, 1.807) is 24.3 Å². The van der Waals surface area contributed by atoms with Gasteiger partial charge in [-0.05, 0) is 24.0 Å². The number of halogens is 1. The first-order valence-corrected chi connectivity index (χ1v) is 6.63. The Balaban J connectivity index is 2.14. The molecule has 0 aromatic heterocycles. The van der Waals surface area contributed by atoms with E-state index in [0.29, 0.717) is 16.5 Å². The van der Waals surface area contributed by atoms with E-state index in [9.17, 15) is 9.59 Å². The van der Waals surface area contributed by atoms with E-state index in [2.05, 4.69) is 5.32 Å². The van der Waals surface area contributed by atoms with Crippen LogP contribution in [0, 0.1) is 11.8 Å². The van der Waals surface area contributed by atoms with E-state index in [1.807, 2.05) is 6.92 Å². The summed E-state index contributed by atoms with van der Waals surface area (Å²) in [7, 11) is 0. The summed E-state index contributed by atoms with van der Waals surface area (Å²) in [5.74, 6) is -0.650. The van der Waals surface area contributed by atoms with Gasteiger partial charge in [-0.1, -0.05) is 36.7 Å². The number of benzene rings is 1. The van der Waals surface area contributed by atoms with Crippen molar-refractivity contribution >= 4 is 23.5 Å². The second kappa shape index (κ2) is 5.61. The molecule has 1 aliphatic rings. The first-order valence-electron chi connectivity index (χ1n) is 6.25. The van der Waals surface area contributed by atoms with Gasteiger partial charge in [0.1, 0.15) is 0 Å². The zero-order chi connectivity index (χ0) is 14.0. The lowest BCUT2D eigenvalue weighted by Crippen LogP contribution is -2.31. The summed E-state index contributed by atoms with van der Waals surface area (Å²) in [5, 5.41) is 12.2. The molecule has 1 saturated carbocycles. The molecule has 0 heterocycles. The number of hydrogen-bond donors (Lipinski definition) is 2. The Morgan fingerprint density at radius 1 is 1.47 bits per heavy atom. The molecule has 0 aliphatic heterocycles. The maximum absolute atomic E-state index is 11.9. The second-order valence-electron chi connectivity index (χ2n) is 5.00. The molecule has 4 nitrogen and oxygen atoms in total. The maximum atomic E-state index is 11.9. The number of rotatable bonds is 5. The van der Waals surface area contributed by atoms with E-state index >= 15 is 0 Å². The summed E-state index contributed by atoms with van der Waals surface area (Å²) < 4.78 is 0. The normalized spacial score (nSPS) is 22.6. The molecule has 2 rings (SSSR count). The fourth-order valence-corrected chi connectivity index (χ4v) is 2.40. The minimum atomic E-state index is -0.964. The van der Waals surface area contributed by atoms with E-state index < -0.39 is 12.0 Å². The smallest absolute Gasteiger partial charge is 0.305 e. The molecule has 1 aromatic carbocycles. The summed E-state index contributed by atoms with van der Waals surface area (Å²) in [6.45, 7) is 2.01. The molecule has 1 amide bonds. The summed E-state index contributed by atoms with van der Waals surface area (Å²) in [6, 6.07) is 6.41. The third-order valence-electron chi connectivity index (χ3n) is 3.42. The average Bonchev–Trinajstić information content (AvgIpc) is 3.06. The molecule has 0 radical (unpaired) electrons. The lowest BCUT2D eigenvalue weighted by atomic mass is 10.0. The molecular weight excluding hydrogens is 266 g/mol. The van der Waals surface area contributed by atoms with Gasteiger partial charge >= 0.3 is 5.97 Å². The largest absolute Gasteiger partial charge is 0.481 e. The predicted octanol–water partition coefficient (Wildman–Crippen LogP) is 2.63. The van der Waals surface area contributed by atoms with Gasteiger partial charge in [-0.25, -0.2) is 0 Å². The Hall–Kier alpha value is -1.55. The van der Waals surface area contributed by atoms with Crippen LogP contribution in [-0.4, -0.2) is 17.0 Å². The maximum Gasteiger partial charge on any atom is 0.305 e. The lowest BCUT2D eigenvalue weighted by Gasteiger charge is -2.18. The monoisotopic (exact) mass is 281 g/mol. The molecule has 2 N–H and O–H groups in total. The number of amides is 1. The van der Waals surface area contributed by atoms with Crippen molar-refractivity contribution in [3.63, 3.8) is 0 Å². The van der Waals surface area contributed by atoms with Crippen LogP contribution in [0.15, 0.2) is 24.3 Å². The molecule has 1 fully saturated rings. The van der Waals surface area contributed by atoms with Crippen LogP contribution in [0.1, 0.15) is 31.4 Å². The number of aliphatic carboxylic acids is 1. The molecule has 0 unspecified atom stereocenters. The van der Waals surface area contributed by atoms with Crippen LogP contribution in [0.3, 0.4) is 0 Å². The zero-order valence-corrected chi connectivity index (χ0v) is 11.4. The van der Waals surface area contributed by atoms with Gasteiger partial charge < -0.3 is 10.4 Å². The summed E-state index contributed by atoms with van der Waals surface area (Å²) in [4.78, 5) is 22.9. The summed E-state index contributed by atoms with van der Waals surface area (Å²) >= 11 is 6.07. The Kier molecular flexibility index (Phi) is 4.10. The van der Waals surface area contributed by atoms with Crippen molar-refractivity contribution in [2.24, 2.45) is 11.8 Å². The number of carbonyl (C=O) groups is 2. The third kappa shape index (κ3) is 3.47. The highest BCUT2D eigenvalue weighted by molar-refractivity contribution is 6.31. The fraction of sp³-hybridized carbons (Fsp3) is 0.429. The minimum Gasteiger partial charge on any atom is -0.481 e. The van der Waals surface area contributed by atoms with Crippen LogP contribution in [-0.2, 0) is 9.59 Å². The van der Waals surface area contributed by atoms with E-state index in [1.165, 1.54) is 0 Å².